The summed E-state index contributed by atoms with van der Waals surface area (Å²) in [6.07, 6.45) is 8.24. The zero-order chi connectivity index (χ0) is 15.7. The molecule has 1 aliphatic heterocycles. The number of rotatable bonds is 10. The van der Waals surface area contributed by atoms with E-state index < -0.39 is 18.0 Å². The standard InChI is InChI=1S/C15H25N3O3/c1-2-3-4-5-6-7-8-11(14(16)20)18-15(21)12-9-10-13(19)17-12/h2,11-12H,1,3-10H2,(H2,16,20)(H,17,19)(H,18,21)/t11-,12+/m0/s1. The monoisotopic (exact) mass is 295 g/mol. The van der Waals surface area contributed by atoms with Crippen molar-refractivity contribution in [2.24, 2.45) is 5.73 Å². The Morgan fingerprint density at radius 2 is 2.10 bits per heavy atom. The predicted molar refractivity (Wildman–Crippen MR) is 80.2 cm³/mol. The summed E-state index contributed by atoms with van der Waals surface area (Å²) < 4.78 is 0. The Labute approximate surface area is 125 Å². The van der Waals surface area contributed by atoms with Gasteiger partial charge in [0.05, 0.1) is 0 Å². The number of nitrogens with two attached hydrogens (primary N) is 1. The van der Waals surface area contributed by atoms with E-state index in [0.717, 1.165) is 32.1 Å². The number of carbonyl (C=O) groups excluding carboxylic acids is 3. The maximum Gasteiger partial charge on any atom is 0.243 e. The first-order valence-corrected chi connectivity index (χ1v) is 7.54. The second-order valence-electron chi connectivity index (χ2n) is 5.40. The van der Waals surface area contributed by atoms with Crippen molar-refractivity contribution in [2.75, 3.05) is 0 Å². The molecular weight excluding hydrogens is 270 g/mol. The number of hydrogen-bond donors (Lipinski definition) is 3. The van der Waals surface area contributed by atoms with Crippen LogP contribution in [0.2, 0.25) is 0 Å². The lowest BCUT2D eigenvalue weighted by Gasteiger charge is -2.18. The highest BCUT2D eigenvalue weighted by atomic mass is 16.2. The summed E-state index contributed by atoms with van der Waals surface area (Å²) in [6.45, 7) is 3.67. The molecule has 6 heteroatoms. The van der Waals surface area contributed by atoms with E-state index in [1.54, 1.807) is 0 Å². The van der Waals surface area contributed by atoms with Crippen LogP contribution in [0.1, 0.15) is 51.4 Å². The summed E-state index contributed by atoms with van der Waals surface area (Å²) in [5.41, 5.74) is 5.32. The van der Waals surface area contributed by atoms with Crippen LogP contribution >= 0.6 is 0 Å². The molecule has 1 fully saturated rings. The van der Waals surface area contributed by atoms with E-state index in [4.69, 9.17) is 5.73 Å². The average molecular weight is 295 g/mol. The third kappa shape index (κ3) is 6.42. The molecule has 1 heterocycles. The van der Waals surface area contributed by atoms with Gasteiger partial charge in [-0.2, -0.15) is 0 Å². The van der Waals surface area contributed by atoms with Crippen molar-refractivity contribution in [2.45, 2.75) is 63.5 Å². The van der Waals surface area contributed by atoms with Crippen LogP contribution in [-0.4, -0.2) is 29.8 Å². The van der Waals surface area contributed by atoms with Crippen molar-refractivity contribution in [1.29, 1.82) is 0 Å². The Morgan fingerprint density at radius 3 is 2.67 bits per heavy atom. The van der Waals surface area contributed by atoms with Crippen LogP contribution in [0, 0.1) is 0 Å². The third-order valence-corrected chi connectivity index (χ3v) is 3.62. The number of primary amides is 1. The van der Waals surface area contributed by atoms with Crippen molar-refractivity contribution in [3.8, 4) is 0 Å². The average Bonchev–Trinajstić information content (AvgIpc) is 2.87. The SMILES string of the molecule is C=CCCCCCC[C@H](NC(=O)[C@H]1CCC(=O)N1)C(N)=O. The van der Waals surface area contributed by atoms with Gasteiger partial charge in [0.2, 0.25) is 17.7 Å². The smallest absolute Gasteiger partial charge is 0.243 e. The fourth-order valence-electron chi connectivity index (χ4n) is 2.36. The fourth-order valence-corrected chi connectivity index (χ4v) is 2.36. The maximum atomic E-state index is 11.9. The molecule has 118 valence electrons. The molecule has 0 aromatic carbocycles. The molecule has 0 saturated carbocycles. The van der Waals surface area contributed by atoms with Crippen molar-refractivity contribution in [3.63, 3.8) is 0 Å². The van der Waals surface area contributed by atoms with E-state index in [9.17, 15) is 14.4 Å². The molecule has 1 aliphatic rings. The van der Waals surface area contributed by atoms with Gasteiger partial charge in [-0.05, 0) is 25.7 Å². The number of hydrogen-bond acceptors (Lipinski definition) is 3. The Morgan fingerprint density at radius 1 is 1.38 bits per heavy atom. The zero-order valence-electron chi connectivity index (χ0n) is 12.4. The van der Waals surface area contributed by atoms with Crippen LogP contribution in [0.4, 0.5) is 0 Å². The molecule has 2 atom stereocenters. The van der Waals surface area contributed by atoms with E-state index in [-0.39, 0.29) is 11.8 Å². The van der Waals surface area contributed by atoms with E-state index in [1.807, 2.05) is 6.08 Å². The molecule has 1 rings (SSSR count). The minimum Gasteiger partial charge on any atom is -0.368 e. The van der Waals surface area contributed by atoms with Gasteiger partial charge >= 0.3 is 0 Å². The van der Waals surface area contributed by atoms with Gasteiger partial charge in [0.15, 0.2) is 0 Å². The Bertz CT molecular complexity index is 396. The normalized spacial score (nSPS) is 18.9. The second-order valence-corrected chi connectivity index (χ2v) is 5.40. The molecule has 0 aliphatic carbocycles. The molecule has 0 spiro atoms. The van der Waals surface area contributed by atoms with Crippen LogP contribution in [-0.2, 0) is 14.4 Å². The van der Waals surface area contributed by atoms with E-state index in [1.165, 1.54) is 0 Å². The van der Waals surface area contributed by atoms with Gasteiger partial charge in [-0.3, -0.25) is 14.4 Å². The largest absolute Gasteiger partial charge is 0.368 e. The predicted octanol–water partition coefficient (Wildman–Crippen LogP) is 0.762. The molecule has 4 N–H and O–H groups in total. The first-order valence-electron chi connectivity index (χ1n) is 7.54. The number of nitrogens with one attached hydrogen (secondary N) is 2. The lowest BCUT2D eigenvalue weighted by molar-refractivity contribution is -0.129. The molecule has 0 aromatic rings. The lowest BCUT2D eigenvalue weighted by Crippen LogP contribution is -2.50. The van der Waals surface area contributed by atoms with E-state index in [2.05, 4.69) is 17.2 Å². The number of unbranched alkanes of at least 4 members (excludes halogenated alkanes) is 4. The van der Waals surface area contributed by atoms with E-state index >= 15 is 0 Å². The highest BCUT2D eigenvalue weighted by Gasteiger charge is 2.29. The maximum absolute atomic E-state index is 11.9. The topological polar surface area (TPSA) is 101 Å². The first-order chi connectivity index (χ1) is 10.0. The van der Waals surface area contributed by atoms with Gasteiger partial charge in [-0.25, -0.2) is 0 Å². The van der Waals surface area contributed by atoms with Gasteiger partial charge in [-0.15, -0.1) is 6.58 Å². The number of amides is 3. The molecule has 0 unspecified atom stereocenters. The van der Waals surface area contributed by atoms with Crippen molar-refractivity contribution in [3.05, 3.63) is 12.7 Å². The van der Waals surface area contributed by atoms with Gasteiger partial charge < -0.3 is 16.4 Å². The second kappa shape index (κ2) is 9.15. The van der Waals surface area contributed by atoms with Crippen LogP contribution < -0.4 is 16.4 Å². The summed E-state index contributed by atoms with van der Waals surface area (Å²) in [6, 6.07) is -1.19. The molecular formula is C15H25N3O3. The Kier molecular flexibility index (Phi) is 7.50. The highest BCUT2D eigenvalue weighted by molar-refractivity contribution is 5.93. The van der Waals surface area contributed by atoms with Crippen LogP contribution in [0.5, 0.6) is 0 Å². The summed E-state index contributed by atoms with van der Waals surface area (Å²) in [5, 5.41) is 5.21. The molecule has 0 aromatic heterocycles. The van der Waals surface area contributed by atoms with Crippen molar-refractivity contribution >= 4 is 17.7 Å². The van der Waals surface area contributed by atoms with Crippen LogP contribution in [0.3, 0.4) is 0 Å². The molecule has 21 heavy (non-hydrogen) atoms. The van der Waals surface area contributed by atoms with Crippen LogP contribution in [0.15, 0.2) is 12.7 Å². The van der Waals surface area contributed by atoms with E-state index in [0.29, 0.717) is 19.3 Å². The van der Waals surface area contributed by atoms with Gasteiger partial charge in [0.25, 0.3) is 0 Å². The van der Waals surface area contributed by atoms with Gasteiger partial charge in [0.1, 0.15) is 12.1 Å². The molecule has 0 bridgehead atoms. The molecule has 1 saturated heterocycles. The quantitative estimate of drug-likeness (QED) is 0.409. The molecule has 3 amide bonds. The summed E-state index contributed by atoms with van der Waals surface area (Å²) in [5.74, 6) is -0.983. The third-order valence-electron chi connectivity index (χ3n) is 3.62. The van der Waals surface area contributed by atoms with Crippen molar-refractivity contribution in [1.82, 2.24) is 10.6 Å². The summed E-state index contributed by atoms with van der Waals surface area (Å²) >= 11 is 0. The van der Waals surface area contributed by atoms with Crippen molar-refractivity contribution < 1.29 is 14.4 Å². The fraction of sp³-hybridized carbons (Fsp3) is 0.667. The summed E-state index contributed by atoms with van der Waals surface area (Å²) in [4.78, 5) is 34.4. The number of allylic oxidation sites excluding steroid dienone is 1. The molecule has 6 nitrogen and oxygen atoms in total. The minimum atomic E-state index is -0.658. The first kappa shape index (κ1) is 17.2. The van der Waals surface area contributed by atoms with Gasteiger partial charge in [0, 0.05) is 6.42 Å². The lowest BCUT2D eigenvalue weighted by atomic mass is 10.1. The zero-order valence-corrected chi connectivity index (χ0v) is 12.4. The Hall–Kier alpha value is -1.85. The minimum absolute atomic E-state index is 0.131. The number of carbonyl (C=O) groups is 3. The van der Waals surface area contributed by atoms with Crippen LogP contribution in [0.25, 0.3) is 0 Å². The summed E-state index contributed by atoms with van der Waals surface area (Å²) in [7, 11) is 0. The molecule has 0 radical (unpaired) electrons. The van der Waals surface area contributed by atoms with Gasteiger partial charge in [-0.1, -0.05) is 25.3 Å². The Balaban J connectivity index is 2.29. The highest BCUT2D eigenvalue weighted by Crippen LogP contribution is 2.10.